The van der Waals surface area contributed by atoms with Crippen molar-refractivity contribution in [1.82, 2.24) is 19.3 Å². The molecule has 0 bridgehead atoms. The third kappa shape index (κ3) is 5.23. The van der Waals surface area contributed by atoms with E-state index in [1.807, 2.05) is 33.8 Å². The lowest BCUT2D eigenvalue weighted by molar-refractivity contribution is 0.0736. The minimum atomic E-state index is -0.283. The third-order valence-corrected chi connectivity index (χ3v) is 5.86. The van der Waals surface area contributed by atoms with Gasteiger partial charge in [0.25, 0.3) is 5.91 Å². The molecule has 0 N–H and O–H groups in total. The van der Waals surface area contributed by atoms with Gasteiger partial charge in [0.05, 0.1) is 25.1 Å². The number of halogens is 1. The maximum Gasteiger partial charge on any atom is 0.254 e. The van der Waals surface area contributed by atoms with E-state index in [4.69, 9.17) is 9.47 Å². The molecule has 4 aromatic rings. The van der Waals surface area contributed by atoms with Gasteiger partial charge in [-0.15, -0.1) is 0 Å². The lowest BCUT2D eigenvalue weighted by Crippen LogP contribution is -2.36. The summed E-state index contributed by atoms with van der Waals surface area (Å²) >= 11 is 0. The number of aromatic nitrogens is 3. The first kappa shape index (κ1) is 22.0. The van der Waals surface area contributed by atoms with Crippen LogP contribution in [0.2, 0.25) is 0 Å². The highest BCUT2D eigenvalue weighted by atomic mass is 19.1. The molecule has 0 saturated carbocycles. The van der Waals surface area contributed by atoms with Crippen molar-refractivity contribution < 1.29 is 18.7 Å². The van der Waals surface area contributed by atoms with Gasteiger partial charge in [0.15, 0.2) is 5.65 Å². The minimum absolute atomic E-state index is 0.0549. The maximum atomic E-state index is 13.3. The fourth-order valence-electron chi connectivity index (χ4n) is 4.11. The van der Waals surface area contributed by atoms with Crippen molar-refractivity contribution in [3.63, 3.8) is 0 Å². The quantitative estimate of drug-likeness (QED) is 0.438. The number of nitrogens with zero attached hydrogens (tertiary/aromatic N) is 4. The number of imidazole rings is 1. The SMILES string of the molecule is O=C(c1cccc(OCc2ccc(F)cc2)c1)N1CCOC[C@@H](Cc2cn3ccnc3cn2)C1. The Morgan fingerprint density at radius 2 is 2.06 bits per heavy atom. The Hall–Kier alpha value is -3.78. The van der Waals surface area contributed by atoms with E-state index in [0.29, 0.717) is 50.6 Å². The van der Waals surface area contributed by atoms with Crippen molar-refractivity contribution in [3.8, 4) is 5.75 Å². The Morgan fingerprint density at radius 1 is 1.18 bits per heavy atom. The van der Waals surface area contributed by atoms with Gasteiger partial charge in [0, 0.05) is 43.2 Å². The Morgan fingerprint density at radius 3 is 2.94 bits per heavy atom. The zero-order valence-electron chi connectivity index (χ0n) is 18.6. The topological polar surface area (TPSA) is 69.0 Å². The second-order valence-corrected chi connectivity index (χ2v) is 8.41. The largest absolute Gasteiger partial charge is 0.489 e. The molecule has 1 atom stereocenters. The van der Waals surface area contributed by atoms with E-state index in [1.165, 1.54) is 12.1 Å². The van der Waals surface area contributed by atoms with E-state index < -0.39 is 0 Å². The molecular formula is C26H25FN4O3. The number of amides is 1. The van der Waals surface area contributed by atoms with E-state index in [9.17, 15) is 9.18 Å². The first-order valence-electron chi connectivity index (χ1n) is 11.3. The molecule has 7 nitrogen and oxygen atoms in total. The standard InChI is InChI=1S/C26H25FN4O3/c27-22-6-4-19(5-7-22)18-34-24-3-1-2-21(13-24)26(32)31-10-11-33-17-20(15-31)12-23-16-30-9-8-28-25(30)14-29-23/h1-9,13-14,16,20H,10-12,15,17-18H2/t20-/m0/s1. The summed E-state index contributed by atoms with van der Waals surface area (Å²) in [6.45, 7) is 2.49. The number of carbonyl (C=O) groups is 1. The summed E-state index contributed by atoms with van der Waals surface area (Å²) in [4.78, 5) is 23.9. The van der Waals surface area contributed by atoms with Gasteiger partial charge in [-0.05, 0) is 42.3 Å². The van der Waals surface area contributed by atoms with Crippen molar-refractivity contribution >= 4 is 11.6 Å². The molecule has 0 aliphatic carbocycles. The van der Waals surface area contributed by atoms with Crippen LogP contribution in [0.1, 0.15) is 21.6 Å². The average molecular weight is 461 g/mol. The summed E-state index contributed by atoms with van der Waals surface area (Å²) in [6, 6.07) is 13.3. The minimum Gasteiger partial charge on any atom is -0.489 e. The molecule has 174 valence electrons. The lowest BCUT2D eigenvalue weighted by Gasteiger charge is -2.24. The third-order valence-electron chi connectivity index (χ3n) is 5.86. The van der Waals surface area contributed by atoms with Crippen LogP contribution >= 0.6 is 0 Å². The average Bonchev–Trinajstić information content (AvgIpc) is 3.20. The molecule has 8 heteroatoms. The van der Waals surface area contributed by atoms with Crippen molar-refractivity contribution in [1.29, 1.82) is 0 Å². The molecule has 1 fully saturated rings. The van der Waals surface area contributed by atoms with Crippen LogP contribution in [0, 0.1) is 11.7 Å². The highest BCUT2D eigenvalue weighted by molar-refractivity contribution is 5.94. The number of fused-ring (bicyclic) bond motifs is 1. The predicted molar refractivity (Wildman–Crippen MR) is 124 cm³/mol. The summed E-state index contributed by atoms with van der Waals surface area (Å²) in [6.07, 6.45) is 8.08. The fourth-order valence-corrected chi connectivity index (χ4v) is 4.11. The number of rotatable bonds is 6. The number of ether oxygens (including phenoxy) is 2. The van der Waals surface area contributed by atoms with Gasteiger partial charge in [-0.1, -0.05) is 18.2 Å². The van der Waals surface area contributed by atoms with Gasteiger partial charge in [0.2, 0.25) is 0 Å². The molecule has 0 unspecified atom stereocenters. The zero-order valence-corrected chi connectivity index (χ0v) is 18.6. The lowest BCUT2D eigenvalue weighted by atomic mass is 10.0. The normalized spacial score (nSPS) is 16.4. The highest BCUT2D eigenvalue weighted by Crippen LogP contribution is 2.20. The molecular weight excluding hydrogens is 435 g/mol. The van der Waals surface area contributed by atoms with Gasteiger partial charge in [-0.2, -0.15) is 0 Å². The molecule has 3 heterocycles. The molecule has 1 saturated heterocycles. The zero-order chi connectivity index (χ0) is 23.3. The predicted octanol–water partition coefficient (Wildman–Crippen LogP) is 3.78. The van der Waals surface area contributed by atoms with Crippen LogP contribution in [0.5, 0.6) is 5.75 Å². The van der Waals surface area contributed by atoms with Crippen LogP contribution in [-0.4, -0.2) is 51.5 Å². The van der Waals surface area contributed by atoms with Crippen LogP contribution in [0.15, 0.2) is 73.3 Å². The van der Waals surface area contributed by atoms with Crippen LogP contribution < -0.4 is 4.74 Å². The number of hydrogen-bond donors (Lipinski definition) is 0. The van der Waals surface area contributed by atoms with Crippen molar-refractivity contribution in [3.05, 3.63) is 96.0 Å². The summed E-state index contributed by atoms with van der Waals surface area (Å²) in [5.74, 6) is 0.392. The molecule has 1 amide bonds. The highest BCUT2D eigenvalue weighted by Gasteiger charge is 2.24. The number of carbonyl (C=O) groups excluding carboxylic acids is 1. The van der Waals surface area contributed by atoms with E-state index >= 15 is 0 Å². The van der Waals surface area contributed by atoms with Crippen LogP contribution in [-0.2, 0) is 17.8 Å². The monoisotopic (exact) mass is 460 g/mol. The first-order chi connectivity index (χ1) is 16.6. The van der Waals surface area contributed by atoms with E-state index in [1.54, 1.807) is 36.7 Å². The van der Waals surface area contributed by atoms with Crippen molar-refractivity contribution in [2.24, 2.45) is 5.92 Å². The summed E-state index contributed by atoms with van der Waals surface area (Å²) in [5.41, 5.74) is 3.16. The molecule has 2 aromatic carbocycles. The second kappa shape index (κ2) is 10.0. The van der Waals surface area contributed by atoms with Crippen molar-refractivity contribution in [2.75, 3.05) is 26.3 Å². The fraction of sp³-hybridized carbons (Fsp3) is 0.269. The Labute approximate surface area is 196 Å². The van der Waals surface area contributed by atoms with E-state index in [-0.39, 0.29) is 17.6 Å². The Balaban J connectivity index is 1.24. The number of hydrogen-bond acceptors (Lipinski definition) is 5. The molecule has 0 spiro atoms. The number of benzene rings is 2. The Bertz CT molecular complexity index is 1270. The maximum absolute atomic E-state index is 13.3. The molecule has 5 rings (SSSR count). The van der Waals surface area contributed by atoms with Crippen LogP contribution in [0.25, 0.3) is 5.65 Å². The summed E-state index contributed by atoms with van der Waals surface area (Å²) < 4.78 is 26.7. The molecule has 34 heavy (non-hydrogen) atoms. The Kier molecular flexibility index (Phi) is 6.49. The van der Waals surface area contributed by atoms with Gasteiger partial charge < -0.3 is 18.8 Å². The van der Waals surface area contributed by atoms with E-state index in [2.05, 4.69) is 9.97 Å². The summed E-state index contributed by atoms with van der Waals surface area (Å²) in [5, 5.41) is 0. The van der Waals surface area contributed by atoms with Crippen molar-refractivity contribution in [2.45, 2.75) is 13.0 Å². The molecule has 1 aliphatic rings. The van der Waals surface area contributed by atoms with Gasteiger partial charge in [0.1, 0.15) is 18.2 Å². The van der Waals surface area contributed by atoms with Gasteiger partial charge in [-0.25, -0.2) is 9.37 Å². The first-order valence-corrected chi connectivity index (χ1v) is 11.3. The van der Waals surface area contributed by atoms with Gasteiger partial charge in [-0.3, -0.25) is 9.78 Å². The van der Waals surface area contributed by atoms with Crippen LogP contribution in [0.4, 0.5) is 4.39 Å². The molecule has 0 radical (unpaired) electrons. The molecule has 2 aromatic heterocycles. The second-order valence-electron chi connectivity index (χ2n) is 8.41. The molecule has 1 aliphatic heterocycles. The summed E-state index contributed by atoms with van der Waals surface area (Å²) in [7, 11) is 0. The van der Waals surface area contributed by atoms with E-state index in [0.717, 1.165) is 16.9 Å². The van der Waals surface area contributed by atoms with Gasteiger partial charge >= 0.3 is 0 Å². The van der Waals surface area contributed by atoms with Crippen LogP contribution in [0.3, 0.4) is 0 Å². The smallest absolute Gasteiger partial charge is 0.254 e.